The van der Waals surface area contributed by atoms with Gasteiger partial charge in [0.2, 0.25) is 0 Å². The second kappa shape index (κ2) is 4.35. The summed E-state index contributed by atoms with van der Waals surface area (Å²) >= 11 is 0. The molecule has 21 heavy (non-hydrogen) atoms. The lowest BCUT2D eigenvalue weighted by Gasteiger charge is -2.09. The minimum absolute atomic E-state index is 0.322. The lowest BCUT2D eigenvalue weighted by atomic mass is 10.1. The maximum atomic E-state index is 13.6. The van der Waals surface area contributed by atoms with Gasteiger partial charge in [-0.05, 0) is 31.4 Å². The van der Waals surface area contributed by atoms with Crippen molar-refractivity contribution in [3.8, 4) is 11.4 Å². The Morgan fingerprint density at radius 2 is 1.95 bits per heavy atom. The number of benzene rings is 1. The summed E-state index contributed by atoms with van der Waals surface area (Å²) in [5.74, 6) is -0.930. The Morgan fingerprint density at radius 3 is 2.67 bits per heavy atom. The maximum Gasteiger partial charge on any atom is 0.161 e. The molecule has 1 saturated carbocycles. The fourth-order valence-corrected chi connectivity index (χ4v) is 2.71. The Morgan fingerprint density at radius 1 is 1.19 bits per heavy atom. The van der Waals surface area contributed by atoms with E-state index >= 15 is 0 Å². The van der Waals surface area contributed by atoms with E-state index in [1.807, 2.05) is 17.6 Å². The van der Waals surface area contributed by atoms with Gasteiger partial charge in [-0.15, -0.1) is 0 Å². The Bertz CT molecular complexity index is 850. The molecule has 0 atom stereocenters. The molecule has 1 aliphatic carbocycles. The van der Waals surface area contributed by atoms with Gasteiger partial charge in [0.25, 0.3) is 0 Å². The summed E-state index contributed by atoms with van der Waals surface area (Å²) < 4.78 is 29.1. The zero-order valence-electron chi connectivity index (χ0n) is 11.5. The molecule has 1 fully saturated rings. The molecule has 3 nitrogen and oxygen atoms in total. The summed E-state index contributed by atoms with van der Waals surface area (Å²) in [6.45, 7) is 1.96. The number of aromatic nitrogens is 3. The van der Waals surface area contributed by atoms with E-state index in [9.17, 15) is 8.78 Å². The van der Waals surface area contributed by atoms with Crippen LogP contribution in [0.25, 0.3) is 22.4 Å². The van der Waals surface area contributed by atoms with Crippen LogP contribution in [0.2, 0.25) is 0 Å². The van der Waals surface area contributed by atoms with Crippen LogP contribution in [-0.4, -0.2) is 14.5 Å². The van der Waals surface area contributed by atoms with E-state index in [-0.39, 0.29) is 0 Å². The number of hydrogen-bond donors (Lipinski definition) is 0. The van der Waals surface area contributed by atoms with Gasteiger partial charge in [0.1, 0.15) is 5.82 Å². The molecule has 5 heteroatoms. The highest BCUT2D eigenvalue weighted by atomic mass is 19.2. The van der Waals surface area contributed by atoms with Crippen LogP contribution in [0.15, 0.2) is 30.6 Å². The van der Waals surface area contributed by atoms with E-state index in [0.29, 0.717) is 17.1 Å². The van der Waals surface area contributed by atoms with E-state index in [0.717, 1.165) is 29.8 Å². The summed E-state index contributed by atoms with van der Waals surface area (Å²) in [5, 5.41) is 0. The molecular weight excluding hydrogens is 272 g/mol. The van der Waals surface area contributed by atoms with Gasteiger partial charge in [0.05, 0.1) is 11.0 Å². The van der Waals surface area contributed by atoms with Crippen molar-refractivity contribution in [3.63, 3.8) is 0 Å². The molecule has 0 amide bonds. The standard InChI is InChI=1S/C16H13F2N3/c1-9-8-19-5-4-11(9)16-20-14-6-12(17)13(18)7-15(14)21(16)10-2-3-10/h4-8,10H,2-3H2,1H3. The second-order valence-corrected chi connectivity index (χ2v) is 5.48. The van der Waals surface area contributed by atoms with Crippen LogP contribution in [0.3, 0.4) is 0 Å². The van der Waals surface area contributed by atoms with Crippen LogP contribution < -0.4 is 0 Å². The highest BCUT2D eigenvalue weighted by Gasteiger charge is 2.29. The highest BCUT2D eigenvalue weighted by Crippen LogP contribution is 2.41. The molecular formula is C16H13F2N3. The van der Waals surface area contributed by atoms with Crippen LogP contribution in [0.4, 0.5) is 8.78 Å². The zero-order valence-corrected chi connectivity index (χ0v) is 11.5. The average molecular weight is 285 g/mol. The summed E-state index contributed by atoms with van der Waals surface area (Å²) in [7, 11) is 0. The fraction of sp³-hybridized carbons (Fsp3) is 0.250. The van der Waals surface area contributed by atoms with Crippen LogP contribution in [0, 0.1) is 18.6 Å². The van der Waals surface area contributed by atoms with Crippen molar-refractivity contribution in [1.82, 2.24) is 14.5 Å². The number of halogens is 2. The first kappa shape index (κ1) is 12.4. The summed E-state index contributed by atoms with van der Waals surface area (Å²) in [6.07, 6.45) is 5.57. The van der Waals surface area contributed by atoms with Crippen molar-refractivity contribution >= 4 is 11.0 Å². The van der Waals surface area contributed by atoms with Gasteiger partial charge in [-0.25, -0.2) is 13.8 Å². The minimum atomic E-state index is -0.860. The van der Waals surface area contributed by atoms with E-state index in [4.69, 9.17) is 0 Å². The number of aryl methyl sites for hydroxylation is 1. The van der Waals surface area contributed by atoms with Crippen molar-refractivity contribution < 1.29 is 8.78 Å². The number of rotatable bonds is 2. The molecule has 1 aliphatic rings. The lowest BCUT2D eigenvalue weighted by molar-refractivity contribution is 0.510. The minimum Gasteiger partial charge on any atom is -0.321 e. The molecule has 0 unspecified atom stereocenters. The number of pyridine rings is 1. The number of imidazole rings is 1. The van der Waals surface area contributed by atoms with Gasteiger partial charge in [-0.2, -0.15) is 0 Å². The quantitative estimate of drug-likeness (QED) is 0.712. The first-order valence-corrected chi connectivity index (χ1v) is 6.93. The van der Waals surface area contributed by atoms with Crippen LogP contribution in [0.1, 0.15) is 24.4 Å². The van der Waals surface area contributed by atoms with Gasteiger partial charge in [0, 0.05) is 36.1 Å². The molecule has 1 aromatic carbocycles. The predicted octanol–water partition coefficient (Wildman–Crippen LogP) is 4.02. The van der Waals surface area contributed by atoms with Crippen molar-refractivity contribution in [2.24, 2.45) is 0 Å². The molecule has 3 aromatic rings. The maximum absolute atomic E-state index is 13.6. The second-order valence-electron chi connectivity index (χ2n) is 5.48. The van der Waals surface area contributed by atoms with Crippen molar-refractivity contribution in [2.45, 2.75) is 25.8 Å². The fourth-order valence-electron chi connectivity index (χ4n) is 2.71. The number of fused-ring (bicyclic) bond motifs is 1. The molecule has 0 bridgehead atoms. The predicted molar refractivity (Wildman–Crippen MR) is 75.9 cm³/mol. The average Bonchev–Trinajstić information content (AvgIpc) is 3.23. The van der Waals surface area contributed by atoms with Crippen molar-refractivity contribution in [2.75, 3.05) is 0 Å². The normalized spacial score (nSPS) is 14.8. The molecule has 4 rings (SSSR count). The van der Waals surface area contributed by atoms with Gasteiger partial charge < -0.3 is 4.57 Å². The zero-order chi connectivity index (χ0) is 14.6. The van der Waals surface area contributed by atoms with Crippen LogP contribution >= 0.6 is 0 Å². The third-order valence-corrected chi connectivity index (χ3v) is 3.90. The number of nitrogens with zero attached hydrogens (tertiary/aromatic N) is 3. The summed E-state index contributed by atoms with van der Waals surface area (Å²) in [4.78, 5) is 8.62. The Balaban J connectivity index is 2.05. The Labute approximate surface area is 120 Å². The van der Waals surface area contributed by atoms with E-state index < -0.39 is 11.6 Å². The van der Waals surface area contributed by atoms with Crippen molar-refractivity contribution in [3.05, 3.63) is 47.8 Å². The summed E-state index contributed by atoms with van der Waals surface area (Å²) in [6, 6.07) is 4.63. The number of hydrogen-bond acceptors (Lipinski definition) is 2. The van der Waals surface area contributed by atoms with E-state index in [1.165, 1.54) is 12.1 Å². The lowest BCUT2D eigenvalue weighted by Crippen LogP contribution is -1.99. The van der Waals surface area contributed by atoms with Crippen LogP contribution in [-0.2, 0) is 0 Å². The molecule has 106 valence electrons. The molecule has 0 N–H and O–H groups in total. The van der Waals surface area contributed by atoms with Crippen LogP contribution in [0.5, 0.6) is 0 Å². The third-order valence-electron chi connectivity index (χ3n) is 3.90. The Kier molecular flexibility index (Phi) is 2.58. The SMILES string of the molecule is Cc1cnccc1-c1nc2cc(F)c(F)cc2n1C1CC1. The largest absolute Gasteiger partial charge is 0.321 e. The topological polar surface area (TPSA) is 30.7 Å². The first-order chi connectivity index (χ1) is 10.1. The van der Waals surface area contributed by atoms with E-state index in [2.05, 4.69) is 9.97 Å². The molecule has 0 spiro atoms. The molecule has 2 aromatic heterocycles. The molecule has 0 radical (unpaired) electrons. The highest BCUT2D eigenvalue weighted by molar-refractivity contribution is 5.81. The Hall–Kier alpha value is -2.30. The van der Waals surface area contributed by atoms with Gasteiger partial charge in [-0.1, -0.05) is 0 Å². The van der Waals surface area contributed by atoms with E-state index in [1.54, 1.807) is 12.4 Å². The smallest absolute Gasteiger partial charge is 0.161 e. The molecule has 0 saturated heterocycles. The molecule has 0 aliphatic heterocycles. The first-order valence-electron chi connectivity index (χ1n) is 6.93. The van der Waals surface area contributed by atoms with Gasteiger partial charge in [0.15, 0.2) is 11.6 Å². The third kappa shape index (κ3) is 1.92. The summed E-state index contributed by atoms with van der Waals surface area (Å²) in [5.41, 5.74) is 3.10. The van der Waals surface area contributed by atoms with Crippen molar-refractivity contribution in [1.29, 1.82) is 0 Å². The van der Waals surface area contributed by atoms with Gasteiger partial charge >= 0.3 is 0 Å². The molecule has 2 heterocycles. The monoisotopic (exact) mass is 285 g/mol. The van der Waals surface area contributed by atoms with Gasteiger partial charge in [-0.3, -0.25) is 4.98 Å².